The normalized spacial score (nSPS) is 22.4. The summed E-state index contributed by atoms with van der Waals surface area (Å²) in [5.41, 5.74) is 0.322. The Morgan fingerprint density at radius 1 is 1.20 bits per heavy atom. The summed E-state index contributed by atoms with van der Waals surface area (Å²) in [5, 5.41) is 0. The van der Waals surface area contributed by atoms with Crippen molar-refractivity contribution in [2.45, 2.75) is 37.7 Å². The van der Waals surface area contributed by atoms with Gasteiger partial charge in [0.05, 0.1) is 0 Å². The van der Waals surface area contributed by atoms with Gasteiger partial charge in [-0.1, -0.05) is 13.0 Å². The number of rotatable bonds is 3. The number of esters is 1. The molecular formula is C15H15F3O2. The second-order valence-corrected chi connectivity index (χ2v) is 4.87. The van der Waals surface area contributed by atoms with E-state index in [0.717, 1.165) is 31.1 Å². The molecule has 0 spiro atoms. The first kappa shape index (κ1) is 14.6. The lowest BCUT2D eigenvalue weighted by molar-refractivity contribution is -0.145. The fourth-order valence-electron chi connectivity index (χ4n) is 2.61. The lowest BCUT2D eigenvalue weighted by atomic mass is 9.81. The molecule has 0 saturated heterocycles. The number of benzene rings is 1. The van der Waals surface area contributed by atoms with Gasteiger partial charge in [-0.2, -0.15) is 0 Å². The van der Waals surface area contributed by atoms with Crippen LogP contribution in [0.3, 0.4) is 0 Å². The zero-order valence-corrected chi connectivity index (χ0v) is 10.9. The minimum Gasteiger partial charge on any atom is -0.459 e. The first-order valence-corrected chi connectivity index (χ1v) is 6.50. The van der Waals surface area contributed by atoms with Gasteiger partial charge in [0, 0.05) is 12.0 Å². The molecule has 108 valence electrons. The van der Waals surface area contributed by atoms with Gasteiger partial charge in [-0.3, -0.25) is 0 Å². The van der Waals surface area contributed by atoms with Crippen molar-refractivity contribution in [3.8, 4) is 0 Å². The van der Waals surface area contributed by atoms with Gasteiger partial charge >= 0.3 is 5.97 Å². The zero-order valence-electron chi connectivity index (χ0n) is 10.9. The van der Waals surface area contributed by atoms with E-state index >= 15 is 0 Å². The smallest absolute Gasteiger partial charge is 0.330 e. The zero-order chi connectivity index (χ0) is 14.7. The van der Waals surface area contributed by atoms with Crippen LogP contribution in [0.5, 0.6) is 0 Å². The van der Waals surface area contributed by atoms with Gasteiger partial charge in [-0.25, -0.2) is 18.0 Å². The molecule has 1 aliphatic rings. The van der Waals surface area contributed by atoms with Crippen LogP contribution in [0.15, 0.2) is 24.8 Å². The van der Waals surface area contributed by atoms with Crippen molar-refractivity contribution in [1.82, 2.24) is 0 Å². The van der Waals surface area contributed by atoms with Gasteiger partial charge in [0.1, 0.15) is 6.10 Å². The quantitative estimate of drug-likeness (QED) is 0.478. The number of hydrogen-bond acceptors (Lipinski definition) is 2. The summed E-state index contributed by atoms with van der Waals surface area (Å²) in [6.45, 7) is 3.32. The van der Waals surface area contributed by atoms with E-state index in [2.05, 4.69) is 6.58 Å². The Labute approximate surface area is 115 Å². The SMILES string of the molecule is C=CC(=O)OC1CCCCC1c1cc(F)c(F)c(F)c1. The average Bonchev–Trinajstić information content (AvgIpc) is 2.44. The molecule has 20 heavy (non-hydrogen) atoms. The maximum Gasteiger partial charge on any atom is 0.330 e. The maximum atomic E-state index is 13.3. The minimum absolute atomic E-state index is 0.322. The standard InChI is InChI=1S/C15H15F3O2/c1-2-14(19)20-13-6-4-3-5-10(13)9-7-11(16)15(18)12(17)8-9/h2,7-8,10,13H,1,3-6H2. The highest BCUT2D eigenvalue weighted by Crippen LogP contribution is 2.36. The van der Waals surface area contributed by atoms with Gasteiger partial charge in [0.25, 0.3) is 0 Å². The summed E-state index contributed by atoms with van der Waals surface area (Å²) in [7, 11) is 0. The third-order valence-electron chi connectivity index (χ3n) is 3.57. The third kappa shape index (κ3) is 3.03. The van der Waals surface area contributed by atoms with E-state index in [4.69, 9.17) is 4.74 Å². The number of ether oxygens (including phenoxy) is 1. The van der Waals surface area contributed by atoms with Crippen LogP contribution in [-0.4, -0.2) is 12.1 Å². The molecule has 1 aromatic carbocycles. The molecule has 2 atom stereocenters. The molecule has 0 heterocycles. The van der Waals surface area contributed by atoms with E-state index in [1.165, 1.54) is 0 Å². The Balaban J connectivity index is 2.27. The van der Waals surface area contributed by atoms with Crippen molar-refractivity contribution < 1.29 is 22.7 Å². The van der Waals surface area contributed by atoms with Crippen LogP contribution in [-0.2, 0) is 9.53 Å². The maximum absolute atomic E-state index is 13.3. The van der Waals surface area contributed by atoms with Crippen LogP contribution in [0.2, 0.25) is 0 Å². The van der Waals surface area contributed by atoms with Gasteiger partial charge < -0.3 is 4.74 Å². The van der Waals surface area contributed by atoms with E-state index in [1.54, 1.807) is 0 Å². The van der Waals surface area contributed by atoms with Crippen molar-refractivity contribution >= 4 is 5.97 Å². The molecule has 1 aromatic rings. The molecule has 2 unspecified atom stereocenters. The third-order valence-corrected chi connectivity index (χ3v) is 3.57. The lowest BCUT2D eigenvalue weighted by Gasteiger charge is -2.31. The van der Waals surface area contributed by atoms with Crippen molar-refractivity contribution in [2.75, 3.05) is 0 Å². The summed E-state index contributed by atoms with van der Waals surface area (Å²) in [4.78, 5) is 11.3. The fraction of sp³-hybridized carbons (Fsp3) is 0.400. The molecular weight excluding hydrogens is 269 g/mol. The Bertz CT molecular complexity index is 505. The fourth-order valence-corrected chi connectivity index (χ4v) is 2.61. The predicted molar refractivity (Wildman–Crippen MR) is 67.6 cm³/mol. The van der Waals surface area contributed by atoms with Crippen LogP contribution in [0, 0.1) is 17.5 Å². The van der Waals surface area contributed by atoms with Gasteiger partial charge in [0.2, 0.25) is 0 Å². The lowest BCUT2D eigenvalue weighted by Crippen LogP contribution is -2.28. The molecule has 2 rings (SSSR count). The molecule has 0 bridgehead atoms. The summed E-state index contributed by atoms with van der Waals surface area (Å²) in [6.07, 6.45) is 3.59. The highest BCUT2D eigenvalue weighted by molar-refractivity contribution is 5.81. The topological polar surface area (TPSA) is 26.3 Å². The Morgan fingerprint density at radius 3 is 2.40 bits per heavy atom. The molecule has 0 radical (unpaired) electrons. The highest BCUT2D eigenvalue weighted by atomic mass is 19.2. The van der Waals surface area contributed by atoms with E-state index < -0.39 is 29.5 Å². The van der Waals surface area contributed by atoms with E-state index in [-0.39, 0.29) is 5.92 Å². The van der Waals surface area contributed by atoms with Crippen LogP contribution >= 0.6 is 0 Å². The average molecular weight is 284 g/mol. The number of hydrogen-bond donors (Lipinski definition) is 0. The molecule has 1 fully saturated rings. The van der Waals surface area contributed by atoms with E-state index in [0.29, 0.717) is 18.4 Å². The van der Waals surface area contributed by atoms with Crippen LogP contribution < -0.4 is 0 Å². The molecule has 5 heteroatoms. The first-order valence-electron chi connectivity index (χ1n) is 6.50. The molecule has 0 aliphatic heterocycles. The largest absolute Gasteiger partial charge is 0.459 e. The van der Waals surface area contributed by atoms with Gasteiger partial charge in [0.15, 0.2) is 17.5 Å². The van der Waals surface area contributed by atoms with Crippen LogP contribution in [0.25, 0.3) is 0 Å². The molecule has 2 nitrogen and oxygen atoms in total. The highest BCUT2D eigenvalue weighted by Gasteiger charge is 2.30. The molecule has 0 amide bonds. The molecule has 1 aliphatic carbocycles. The molecule has 0 aromatic heterocycles. The first-order chi connectivity index (χ1) is 9.52. The minimum atomic E-state index is -1.48. The Kier molecular flexibility index (Phi) is 4.47. The monoisotopic (exact) mass is 284 g/mol. The summed E-state index contributed by atoms with van der Waals surface area (Å²) >= 11 is 0. The van der Waals surface area contributed by atoms with E-state index in [9.17, 15) is 18.0 Å². The van der Waals surface area contributed by atoms with Gasteiger partial charge in [-0.15, -0.1) is 0 Å². The summed E-state index contributed by atoms with van der Waals surface area (Å²) in [5.74, 6) is -4.81. The second kappa shape index (κ2) is 6.11. The van der Waals surface area contributed by atoms with Crippen molar-refractivity contribution in [3.05, 3.63) is 47.8 Å². The van der Waals surface area contributed by atoms with Crippen LogP contribution in [0.4, 0.5) is 13.2 Å². The number of halogens is 3. The predicted octanol–water partition coefficient (Wildman–Crippen LogP) is 3.86. The van der Waals surface area contributed by atoms with E-state index in [1.807, 2.05) is 0 Å². The van der Waals surface area contributed by atoms with Crippen molar-refractivity contribution in [2.24, 2.45) is 0 Å². The second-order valence-electron chi connectivity index (χ2n) is 4.87. The number of carbonyl (C=O) groups is 1. The molecule has 1 saturated carbocycles. The summed E-state index contributed by atoms with van der Waals surface area (Å²) < 4.78 is 44.8. The Hall–Kier alpha value is -1.78. The van der Waals surface area contributed by atoms with Gasteiger partial charge in [-0.05, 0) is 37.0 Å². The van der Waals surface area contributed by atoms with Crippen molar-refractivity contribution in [3.63, 3.8) is 0 Å². The van der Waals surface area contributed by atoms with Crippen LogP contribution in [0.1, 0.15) is 37.2 Å². The number of carbonyl (C=O) groups excluding carboxylic acids is 1. The Morgan fingerprint density at radius 2 is 1.80 bits per heavy atom. The molecule has 0 N–H and O–H groups in total. The van der Waals surface area contributed by atoms with Crippen molar-refractivity contribution in [1.29, 1.82) is 0 Å². The summed E-state index contributed by atoms with van der Waals surface area (Å²) in [6, 6.07) is 1.95.